The van der Waals surface area contributed by atoms with Gasteiger partial charge in [-0.2, -0.15) is 5.10 Å². The van der Waals surface area contributed by atoms with E-state index in [1.807, 2.05) is 34.6 Å². The van der Waals surface area contributed by atoms with Crippen LogP contribution in [0.5, 0.6) is 0 Å². The summed E-state index contributed by atoms with van der Waals surface area (Å²) < 4.78 is 28.9. The number of sulfone groups is 1. The molecule has 1 amide bonds. The largest absolute Gasteiger partial charge is 0.326 e. The van der Waals surface area contributed by atoms with E-state index in [0.717, 1.165) is 18.5 Å². The van der Waals surface area contributed by atoms with Crippen LogP contribution in [0.15, 0.2) is 34.1 Å². The molecule has 3 rings (SSSR count). The Morgan fingerprint density at radius 3 is 2.35 bits per heavy atom. The second kappa shape index (κ2) is 8.74. The standard InChI is InChI=1S/C23H34N4O3S/c1-6-19-21(20(7-2)27(25-19)15-16(3)24)31(29,30)18-11-9-17(10-12-18)26-14-8-13-23(4,5)22(26)28/h9-12,16H,6-8,13-15,24H2,1-5H3. The van der Waals surface area contributed by atoms with Gasteiger partial charge in [0.25, 0.3) is 0 Å². The molecular formula is C23H34N4O3S. The number of piperidine rings is 1. The van der Waals surface area contributed by atoms with Crippen molar-refractivity contribution in [3.05, 3.63) is 35.7 Å². The van der Waals surface area contributed by atoms with E-state index in [2.05, 4.69) is 5.10 Å². The number of rotatable bonds is 7. The first-order valence-electron chi connectivity index (χ1n) is 11.0. The van der Waals surface area contributed by atoms with E-state index in [9.17, 15) is 13.2 Å². The molecule has 1 aliphatic rings. The lowest BCUT2D eigenvalue weighted by Crippen LogP contribution is -2.46. The molecule has 7 nitrogen and oxygen atoms in total. The summed E-state index contributed by atoms with van der Waals surface area (Å²) >= 11 is 0. The lowest BCUT2D eigenvalue weighted by atomic mass is 9.83. The molecule has 1 atom stereocenters. The highest BCUT2D eigenvalue weighted by molar-refractivity contribution is 7.91. The van der Waals surface area contributed by atoms with Gasteiger partial charge in [-0.15, -0.1) is 0 Å². The maximum absolute atomic E-state index is 13.6. The van der Waals surface area contributed by atoms with Crippen LogP contribution in [0.4, 0.5) is 5.69 Å². The fraction of sp³-hybridized carbons (Fsp3) is 0.565. The zero-order valence-electron chi connectivity index (χ0n) is 19.2. The zero-order chi connectivity index (χ0) is 23.0. The van der Waals surface area contributed by atoms with Crippen molar-refractivity contribution >= 4 is 21.4 Å². The van der Waals surface area contributed by atoms with Crippen molar-refractivity contribution in [2.45, 2.75) is 82.7 Å². The Hall–Kier alpha value is -2.19. The van der Waals surface area contributed by atoms with Crippen LogP contribution in [-0.4, -0.2) is 36.7 Å². The van der Waals surface area contributed by atoms with Crippen molar-refractivity contribution in [2.24, 2.45) is 11.1 Å². The molecule has 1 fully saturated rings. The van der Waals surface area contributed by atoms with E-state index in [-0.39, 0.29) is 16.8 Å². The minimum atomic E-state index is -3.75. The number of anilines is 1. The molecule has 1 saturated heterocycles. The Balaban J connectivity index is 2.00. The number of hydrogen-bond acceptors (Lipinski definition) is 5. The van der Waals surface area contributed by atoms with Crippen LogP contribution in [0, 0.1) is 5.41 Å². The summed E-state index contributed by atoms with van der Waals surface area (Å²) in [6, 6.07) is 6.53. The van der Waals surface area contributed by atoms with Gasteiger partial charge in [-0.3, -0.25) is 9.48 Å². The molecule has 0 bridgehead atoms. The molecule has 2 aromatic rings. The smallest absolute Gasteiger partial charge is 0.232 e. The summed E-state index contributed by atoms with van der Waals surface area (Å²) in [6.45, 7) is 10.7. The average Bonchev–Trinajstić information content (AvgIpc) is 3.07. The minimum absolute atomic E-state index is 0.0769. The number of amides is 1. The van der Waals surface area contributed by atoms with Crippen LogP contribution in [0.3, 0.4) is 0 Å². The van der Waals surface area contributed by atoms with Gasteiger partial charge in [-0.25, -0.2) is 8.42 Å². The van der Waals surface area contributed by atoms with E-state index in [1.54, 1.807) is 33.8 Å². The molecule has 1 unspecified atom stereocenters. The van der Waals surface area contributed by atoms with Gasteiger partial charge in [-0.05, 0) is 56.9 Å². The highest BCUT2D eigenvalue weighted by Gasteiger charge is 2.36. The molecule has 0 aliphatic carbocycles. The Morgan fingerprint density at radius 2 is 1.81 bits per heavy atom. The zero-order valence-corrected chi connectivity index (χ0v) is 20.0. The summed E-state index contributed by atoms with van der Waals surface area (Å²) in [4.78, 5) is 15.1. The average molecular weight is 447 g/mol. The Labute approximate surface area is 185 Å². The second-order valence-corrected chi connectivity index (χ2v) is 10.9. The van der Waals surface area contributed by atoms with Gasteiger partial charge in [0.05, 0.1) is 22.8 Å². The molecule has 0 spiro atoms. The molecule has 1 aromatic heterocycles. The maximum atomic E-state index is 13.6. The molecule has 170 valence electrons. The topological polar surface area (TPSA) is 98.3 Å². The van der Waals surface area contributed by atoms with Crippen LogP contribution in [0.1, 0.15) is 58.8 Å². The Morgan fingerprint density at radius 1 is 1.16 bits per heavy atom. The Kier molecular flexibility index (Phi) is 6.62. The number of carbonyl (C=O) groups is 1. The molecule has 31 heavy (non-hydrogen) atoms. The number of carbonyl (C=O) groups excluding carboxylic acids is 1. The van der Waals surface area contributed by atoms with Crippen LogP contribution in [0.25, 0.3) is 0 Å². The van der Waals surface area contributed by atoms with E-state index in [0.29, 0.717) is 42.2 Å². The molecule has 1 aromatic carbocycles. The van der Waals surface area contributed by atoms with Crippen molar-refractivity contribution in [3.8, 4) is 0 Å². The normalized spacial score (nSPS) is 17.7. The van der Waals surface area contributed by atoms with Gasteiger partial charge < -0.3 is 10.6 Å². The molecular weight excluding hydrogens is 412 g/mol. The Bertz CT molecular complexity index is 1050. The summed E-state index contributed by atoms with van der Waals surface area (Å²) in [5.41, 5.74) is 7.53. The summed E-state index contributed by atoms with van der Waals surface area (Å²) in [5, 5.41) is 4.55. The first-order valence-corrected chi connectivity index (χ1v) is 12.5. The number of hydrogen-bond donors (Lipinski definition) is 1. The first-order chi connectivity index (χ1) is 14.5. The number of aryl methyl sites for hydroxylation is 1. The molecule has 8 heteroatoms. The lowest BCUT2D eigenvalue weighted by molar-refractivity contribution is -0.128. The van der Waals surface area contributed by atoms with Crippen molar-refractivity contribution in [1.29, 1.82) is 0 Å². The molecule has 2 N–H and O–H groups in total. The van der Waals surface area contributed by atoms with Gasteiger partial charge in [0.15, 0.2) is 0 Å². The third-order valence-corrected chi connectivity index (χ3v) is 7.84. The summed E-state index contributed by atoms with van der Waals surface area (Å²) in [5.74, 6) is 0.0769. The van der Waals surface area contributed by atoms with E-state index >= 15 is 0 Å². The van der Waals surface area contributed by atoms with Crippen molar-refractivity contribution in [1.82, 2.24) is 9.78 Å². The maximum Gasteiger partial charge on any atom is 0.232 e. The fourth-order valence-corrected chi connectivity index (χ4v) is 6.05. The van der Waals surface area contributed by atoms with Crippen molar-refractivity contribution in [3.63, 3.8) is 0 Å². The van der Waals surface area contributed by atoms with E-state index in [4.69, 9.17) is 5.73 Å². The summed E-state index contributed by atoms with van der Waals surface area (Å²) in [6.07, 6.45) is 2.85. The molecule has 1 aliphatic heterocycles. The third kappa shape index (κ3) is 4.41. The molecule has 0 saturated carbocycles. The van der Waals surface area contributed by atoms with Gasteiger partial charge in [0, 0.05) is 23.7 Å². The quantitative estimate of drug-likeness (QED) is 0.703. The lowest BCUT2D eigenvalue weighted by Gasteiger charge is -2.37. The van der Waals surface area contributed by atoms with E-state index in [1.165, 1.54) is 0 Å². The number of benzene rings is 1. The number of nitrogens with zero attached hydrogens (tertiary/aromatic N) is 3. The predicted octanol–water partition coefficient (Wildman–Crippen LogP) is 3.34. The number of aromatic nitrogens is 2. The van der Waals surface area contributed by atoms with Crippen LogP contribution in [-0.2, 0) is 34.0 Å². The van der Waals surface area contributed by atoms with Gasteiger partial charge >= 0.3 is 0 Å². The first kappa shape index (κ1) is 23.5. The molecule has 0 radical (unpaired) electrons. The predicted molar refractivity (Wildman–Crippen MR) is 122 cm³/mol. The van der Waals surface area contributed by atoms with Crippen molar-refractivity contribution in [2.75, 3.05) is 11.4 Å². The second-order valence-electron chi connectivity index (χ2n) is 9.03. The van der Waals surface area contributed by atoms with Crippen molar-refractivity contribution < 1.29 is 13.2 Å². The summed E-state index contributed by atoms with van der Waals surface area (Å²) in [7, 11) is -3.75. The van der Waals surface area contributed by atoms with Gasteiger partial charge in [0.2, 0.25) is 15.7 Å². The minimum Gasteiger partial charge on any atom is -0.326 e. The fourth-order valence-electron chi connectivity index (χ4n) is 4.27. The van der Waals surface area contributed by atoms with Crippen LogP contribution < -0.4 is 10.6 Å². The molecule has 2 heterocycles. The third-order valence-electron chi connectivity index (χ3n) is 5.94. The number of nitrogens with two attached hydrogens (primary N) is 1. The SMILES string of the molecule is CCc1nn(CC(C)N)c(CC)c1S(=O)(=O)c1ccc(N2CCCC(C)(C)C2=O)cc1. The highest BCUT2D eigenvalue weighted by atomic mass is 32.2. The van der Waals surface area contributed by atoms with Gasteiger partial charge in [0.1, 0.15) is 4.90 Å². The van der Waals surface area contributed by atoms with Crippen LogP contribution >= 0.6 is 0 Å². The highest BCUT2D eigenvalue weighted by Crippen LogP contribution is 2.34. The monoisotopic (exact) mass is 446 g/mol. The van der Waals surface area contributed by atoms with E-state index < -0.39 is 15.3 Å². The van der Waals surface area contributed by atoms with Crippen LogP contribution in [0.2, 0.25) is 0 Å². The van der Waals surface area contributed by atoms with Gasteiger partial charge in [-0.1, -0.05) is 27.7 Å².